The summed E-state index contributed by atoms with van der Waals surface area (Å²) in [5.41, 5.74) is 4.20. The molecule has 18 heavy (non-hydrogen) atoms. The highest BCUT2D eigenvalue weighted by atomic mass is 15.1. The zero-order valence-electron chi connectivity index (χ0n) is 12.6. The molecular weight excluding hydrogens is 220 g/mol. The van der Waals surface area contributed by atoms with E-state index in [4.69, 9.17) is 0 Å². The first-order valence-corrected chi connectivity index (χ1v) is 6.96. The van der Waals surface area contributed by atoms with Gasteiger partial charge in [-0.05, 0) is 51.5 Å². The lowest BCUT2D eigenvalue weighted by atomic mass is 10.0. The van der Waals surface area contributed by atoms with Gasteiger partial charge in [-0.25, -0.2) is 0 Å². The van der Waals surface area contributed by atoms with E-state index in [2.05, 4.69) is 56.2 Å². The summed E-state index contributed by atoms with van der Waals surface area (Å²) in [6, 6.07) is 6.75. The Kier molecular flexibility index (Phi) is 6.37. The Labute approximate surface area is 112 Å². The number of benzene rings is 1. The molecule has 0 saturated heterocycles. The first-order valence-electron chi connectivity index (χ1n) is 6.96. The van der Waals surface area contributed by atoms with E-state index in [9.17, 15) is 0 Å². The molecule has 0 aromatic heterocycles. The van der Waals surface area contributed by atoms with Crippen molar-refractivity contribution < 1.29 is 0 Å². The molecule has 0 bridgehead atoms. The van der Waals surface area contributed by atoms with Gasteiger partial charge in [0.25, 0.3) is 0 Å². The van der Waals surface area contributed by atoms with Crippen molar-refractivity contribution in [1.82, 2.24) is 10.2 Å². The van der Waals surface area contributed by atoms with Crippen LogP contribution in [0.3, 0.4) is 0 Å². The molecular formula is C16H28N2. The predicted molar refractivity (Wildman–Crippen MR) is 80.0 cm³/mol. The fourth-order valence-electron chi connectivity index (χ4n) is 2.45. The van der Waals surface area contributed by atoms with Gasteiger partial charge in [0.15, 0.2) is 0 Å². The normalized spacial score (nSPS) is 13.0. The van der Waals surface area contributed by atoms with Crippen LogP contribution in [0.25, 0.3) is 0 Å². The Hall–Kier alpha value is -0.860. The van der Waals surface area contributed by atoms with Crippen molar-refractivity contribution in [2.75, 3.05) is 27.2 Å². The van der Waals surface area contributed by atoms with Crippen molar-refractivity contribution in [3.8, 4) is 0 Å². The van der Waals surface area contributed by atoms with Gasteiger partial charge in [0.1, 0.15) is 0 Å². The van der Waals surface area contributed by atoms with E-state index in [0.717, 1.165) is 25.6 Å². The Morgan fingerprint density at radius 1 is 1.28 bits per heavy atom. The highest BCUT2D eigenvalue weighted by Crippen LogP contribution is 2.13. The molecule has 0 amide bonds. The maximum absolute atomic E-state index is 3.28. The van der Waals surface area contributed by atoms with Gasteiger partial charge in [0.05, 0.1) is 0 Å². The molecule has 1 aromatic carbocycles. The SMILES string of the molecule is CCC(CNC)CN(C)Cc1ccc(C)cc1C. The van der Waals surface area contributed by atoms with Crippen molar-refractivity contribution in [2.24, 2.45) is 5.92 Å². The third-order valence-corrected chi connectivity index (χ3v) is 3.58. The Balaban J connectivity index is 2.55. The van der Waals surface area contributed by atoms with Crippen molar-refractivity contribution in [3.05, 3.63) is 34.9 Å². The summed E-state index contributed by atoms with van der Waals surface area (Å²) in [5, 5.41) is 3.28. The van der Waals surface area contributed by atoms with Gasteiger partial charge in [-0.3, -0.25) is 0 Å². The van der Waals surface area contributed by atoms with Crippen LogP contribution in [0.2, 0.25) is 0 Å². The molecule has 1 rings (SSSR count). The molecule has 0 aliphatic heterocycles. The summed E-state index contributed by atoms with van der Waals surface area (Å²) in [7, 11) is 4.25. The van der Waals surface area contributed by atoms with Crippen LogP contribution in [-0.4, -0.2) is 32.1 Å². The monoisotopic (exact) mass is 248 g/mol. The number of rotatable bonds is 7. The quantitative estimate of drug-likeness (QED) is 0.798. The smallest absolute Gasteiger partial charge is 0.0233 e. The number of nitrogens with zero attached hydrogens (tertiary/aromatic N) is 1. The van der Waals surface area contributed by atoms with Crippen molar-refractivity contribution in [2.45, 2.75) is 33.7 Å². The third kappa shape index (κ3) is 4.79. The molecule has 0 heterocycles. The lowest BCUT2D eigenvalue weighted by Gasteiger charge is -2.23. The van der Waals surface area contributed by atoms with E-state index in [0.29, 0.717) is 0 Å². The lowest BCUT2D eigenvalue weighted by Crippen LogP contribution is -2.31. The zero-order valence-corrected chi connectivity index (χ0v) is 12.6. The molecule has 1 aromatic rings. The largest absolute Gasteiger partial charge is 0.319 e. The minimum absolute atomic E-state index is 0.741. The predicted octanol–water partition coefficient (Wildman–Crippen LogP) is 2.98. The second-order valence-corrected chi connectivity index (χ2v) is 5.46. The highest BCUT2D eigenvalue weighted by molar-refractivity contribution is 5.30. The summed E-state index contributed by atoms with van der Waals surface area (Å²) in [6.45, 7) is 9.94. The fraction of sp³-hybridized carbons (Fsp3) is 0.625. The Bertz CT molecular complexity index is 360. The van der Waals surface area contributed by atoms with Gasteiger partial charge in [-0.2, -0.15) is 0 Å². The van der Waals surface area contributed by atoms with Gasteiger partial charge in [0, 0.05) is 13.1 Å². The number of hydrogen-bond acceptors (Lipinski definition) is 2. The molecule has 2 heteroatoms. The summed E-state index contributed by atoms with van der Waals surface area (Å²) < 4.78 is 0. The summed E-state index contributed by atoms with van der Waals surface area (Å²) in [4.78, 5) is 2.43. The van der Waals surface area contributed by atoms with Crippen LogP contribution >= 0.6 is 0 Å². The molecule has 0 aliphatic carbocycles. The van der Waals surface area contributed by atoms with E-state index in [1.165, 1.54) is 23.1 Å². The van der Waals surface area contributed by atoms with E-state index in [-0.39, 0.29) is 0 Å². The maximum Gasteiger partial charge on any atom is 0.0233 e. The molecule has 0 saturated carbocycles. The average Bonchev–Trinajstić information content (AvgIpc) is 2.32. The second kappa shape index (κ2) is 7.55. The van der Waals surface area contributed by atoms with Gasteiger partial charge in [-0.1, -0.05) is 37.1 Å². The molecule has 1 unspecified atom stereocenters. The minimum atomic E-state index is 0.741. The molecule has 0 radical (unpaired) electrons. The lowest BCUT2D eigenvalue weighted by molar-refractivity contribution is 0.261. The molecule has 1 atom stereocenters. The second-order valence-electron chi connectivity index (χ2n) is 5.46. The van der Waals surface area contributed by atoms with Crippen molar-refractivity contribution in [3.63, 3.8) is 0 Å². The van der Waals surface area contributed by atoms with E-state index >= 15 is 0 Å². The van der Waals surface area contributed by atoms with Crippen LogP contribution in [-0.2, 0) is 6.54 Å². The number of hydrogen-bond donors (Lipinski definition) is 1. The fourth-order valence-corrected chi connectivity index (χ4v) is 2.45. The standard InChI is InChI=1S/C16H28N2/c1-6-15(10-17-4)11-18(5)12-16-8-7-13(2)9-14(16)3/h7-9,15,17H,6,10-12H2,1-5H3. The molecule has 0 aliphatic rings. The average molecular weight is 248 g/mol. The molecule has 2 nitrogen and oxygen atoms in total. The van der Waals surface area contributed by atoms with Crippen LogP contribution in [0.1, 0.15) is 30.0 Å². The van der Waals surface area contributed by atoms with Crippen LogP contribution in [0.4, 0.5) is 0 Å². The van der Waals surface area contributed by atoms with E-state index in [1.54, 1.807) is 0 Å². The molecule has 102 valence electrons. The Morgan fingerprint density at radius 3 is 2.56 bits per heavy atom. The summed E-state index contributed by atoms with van der Waals surface area (Å²) in [5.74, 6) is 0.741. The van der Waals surface area contributed by atoms with Gasteiger partial charge in [0.2, 0.25) is 0 Å². The van der Waals surface area contributed by atoms with Crippen LogP contribution in [0, 0.1) is 19.8 Å². The topological polar surface area (TPSA) is 15.3 Å². The zero-order chi connectivity index (χ0) is 13.5. The van der Waals surface area contributed by atoms with Gasteiger partial charge >= 0.3 is 0 Å². The maximum atomic E-state index is 3.28. The molecule has 0 spiro atoms. The molecule has 1 N–H and O–H groups in total. The molecule has 0 fully saturated rings. The summed E-state index contributed by atoms with van der Waals surface area (Å²) in [6.07, 6.45) is 1.23. The van der Waals surface area contributed by atoms with Crippen molar-refractivity contribution >= 4 is 0 Å². The van der Waals surface area contributed by atoms with E-state index < -0.39 is 0 Å². The van der Waals surface area contributed by atoms with Crippen molar-refractivity contribution in [1.29, 1.82) is 0 Å². The number of aryl methyl sites for hydroxylation is 2. The first kappa shape index (κ1) is 15.2. The van der Waals surface area contributed by atoms with Crippen LogP contribution in [0.5, 0.6) is 0 Å². The Morgan fingerprint density at radius 2 is 2.00 bits per heavy atom. The minimum Gasteiger partial charge on any atom is -0.319 e. The number of nitrogens with one attached hydrogen (secondary N) is 1. The highest BCUT2D eigenvalue weighted by Gasteiger charge is 2.10. The van der Waals surface area contributed by atoms with Gasteiger partial charge in [-0.15, -0.1) is 0 Å². The van der Waals surface area contributed by atoms with Gasteiger partial charge < -0.3 is 10.2 Å². The van der Waals surface area contributed by atoms with E-state index in [1.807, 2.05) is 7.05 Å². The van der Waals surface area contributed by atoms with Crippen LogP contribution in [0.15, 0.2) is 18.2 Å². The first-order chi connectivity index (χ1) is 8.56. The third-order valence-electron chi connectivity index (χ3n) is 3.58. The summed E-state index contributed by atoms with van der Waals surface area (Å²) >= 11 is 0. The van der Waals surface area contributed by atoms with Crippen LogP contribution < -0.4 is 5.32 Å².